The maximum atomic E-state index is 2.54. The Kier molecular flexibility index (Phi) is 3.77. The van der Waals surface area contributed by atoms with E-state index in [9.17, 15) is 0 Å². The molecule has 1 aliphatic rings. The van der Waals surface area contributed by atoms with Crippen LogP contribution in [0.1, 0.15) is 25.7 Å². The highest BCUT2D eigenvalue weighted by molar-refractivity contribution is 5.62. The summed E-state index contributed by atoms with van der Waals surface area (Å²) in [5, 5.41) is 0. The van der Waals surface area contributed by atoms with E-state index in [1.165, 1.54) is 55.8 Å². The van der Waals surface area contributed by atoms with E-state index in [0.29, 0.717) is 0 Å². The van der Waals surface area contributed by atoms with Gasteiger partial charge in [0.15, 0.2) is 0 Å². The zero-order valence-corrected chi connectivity index (χ0v) is 12.5. The van der Waals surface area contributed by atoms with E-state index in [-0.39, 0.29) is 0 Å². The lowest BCUT2D eigenvalue weighted by molar-refractivity contribution is -0.738. The number of hydrogen-bond acceptors (Lipinski definition) is 1. The molecule has 0 saturated carbocycles. The Morgan fingerprint density at radius 2 is 1.60 bits per heavy atom. The number of rotatable bonds is 2. The fourth-order valence-electron chi connectivity index (χ4n) is 3.10. The minimum absolute atomic E-state index is 1.19. The fraction of sp³-hybridized carbons (Fsp3) is 0.471. The lowest BCUT2D eigenvalue weighted by Crippen LogP contribution is -2.44. The van der Waals surface area contributed by atoms with Crippen LogP contribution in [-0.4, -0.2) is 17.8 Å². The van der Waals surface area contributed by atoms with Crippen molar-refractivity contribution < 1.29 is 4.68 Å². The zero-order valence-electron chi connectivity index (χ0n) is 12.5. The molecule has 1 fully saturated rings. The molecular weight excluding hydrogens is 246 g/mol. The summed E-state index contributed by atoms with van der Waals surface area (Å²) in [7, 11) is 4.30. The zero-order chi connectivity index (χ0) is 13.9. The second kappa shape index (κ2) is 5.70. The summed E-state index contributed by atoms with van der Waals surface area (Å²) in [4.78, 5) is 2.54. The summed E-state index contributed by atoms with van der Waals surface area (Å²) in [5.74, 6) is 1.34. The smallest absolute Gasteiger partial charge is 0.260 e. The van der Waals surface area contributed by atoms with Gasteiger partial charge in [-0.05, 0) is 25.7 Å². The number of aromatic nitrogens is 2. The highest BCUT2D eigenvalue weighted by atomic mass is 15.4. The van der Waals surface area contributed by atoms with Crippen LogP contribution >= 0.6 is 0 Å². The van der Waals surface area contributed by atoms with Gasteiger partial charge in [-0.1, -0.05) is 30.3 Å². The molecule has 2 heterocycles. The Bertz CT molecular complexity index is 563. The second-order valence-electron chi connectivity index (χ2n) is 5.70. The van der Waals surface area contributed by atoms with Crippen molar-refractivity contribution in [2.24, 2.45) is 14.1 Å². The largest absolute Gasteiger partial charge is 0.297 e. The molecule has 0 atom stereocenters. The van der Waals surface area contributed by atoms with E-state index in [1.54, 1.807) is 0 Å². The molecule has 1 saturated heterocycles. The van der Waals surface area contributed by atoms with Crippen molar-refractivity contribution in [1.29, 1.82) is 0 Å². The molecule has 0 bridgehead atoms. The molecule has 0 amide bonds. The molecular formula is C17H24N3+. The predicted octanol–water partition coefficient (Wildman–Crippen LogP) is 2.90. The van der Waals surface area contributed by atoms with Crippen molar-refractivity contribution >= 4 is 5.82 Å². The molecule has 20 heavy (non-hydrogen) atoms. The first-order valence-corrected chi connectivity index (χ1v) is 7.64. The Morgan fingerprint density at radius 1 is 0.950 bits per heavy atom. The number of nitrogens with zero attached hydrogens (tertiary/aromatic N) is 3. The van der Waals surface area contributed by atoms with Gasteiger partial charge >= 0.3 is 0 Å². The van der Waals surface area contributed by atoms with Gasteiger partial charge in [0.25, 0.3) is 5.82 Å². The molecule has 0 radical (unpaired) electrons. The molecule has 0 aliphatic carbocycles. The maximum absolute atomic E-state index is 2.54. The number of benzene rings is 1. The van der Waals surface area contributed by atoms with E-state index in [0.717, 1.165) is 0 Å². The van der Waals surface area contributed by atoms with Crippen LogP contribution in [0, 0.1) is 0 Å². The van der Waals surface area contributed by atoms with Gasteiger partial charge in [0.1, 0.15) is 7.05 Å². The van der Waals surface area contributed by atoms with Crippen molar-refractivity contribution in [1.82, 2.24) is 4.68 Å². The molecule has 1 aromatic carbocycles. The Hall–Kier alpha value is -1.77. The van der Waals surface area contributed by atoms with Gasteiger partial charge in [-0.15, -0.1) is 0 Å². The van der Waals surface area contributed by atoms with Gasteiger partial charge in [0.05, 0.1) is 24.8 Å². The van der Waals surface area contributed by atoms with Crippen molar-refractivity contribution in [3.63, 3.8) is 0 Å². The summed E-state index contributed by atoms with van der Waals surface area (Å²) in [6, 6.07) is 13.0. The first-order valence-electron chi connectivity index (χ1n) is 7.64. The lowest BCUT2D eigenvalue weighted by Gasteiger charge is -2.13. The molecule has 2 aromatic rings. The number of hydrogen-bond donors (Lipinski definition) is 0. The second-order valence-corrected chi connectivity index (χ2v) is 5.70. The molecule has 0 spiro atoms. The maximum Gasteiger partial charge on any atom is 0.297 e. The molecule has 106 valence electrons. The molecule has 3 heteroatoms. The van der Waals surface area contributed by atoms with Crippen LogP contribution < -0.4 is 9.58 Å². The quantitative estimate of drug-likeness (QED) is 0.764. The van der Waals surface area contributed by atoms with Crippen LogP contribution in [0.2, 0.25) is 0 Å². The topological polar surface area (TPSA) is 12.1 Å². The first-order chi connectivity index (χ1) is 9.77. The third-order valence-electron chi connectivity index (χ3n) is 4.40. The molecule has 1 aromatic heterocycles. The summed E-state index contributed by atoms with van der Waals surface area (Å²) >= 11 is 0. The van der Waals surface area contributed by atoms with Gasteiger partial charge in [-0.25, -0.2) is 4.68 Å². The van der Waals surface area contributed by atoms with Gasteiger partial charge in [0, 0.05) is 12.6 Å². The van der Waals surface area contributed by atoms with Gasteiger partial charge in [-0.3, -0.25) is 4.90 Å². The SMILES string of the molecule is Cn1c(-c2ccccc2)cc(N2CCCCCC2)[n+]1C. The van der Waals surface area contributed by atoms with E-state index >= 15 is 0 Å². The Balaban J connectivity index is 1.97. The number of anilines is 1. The minimum Gasteiger partial charge on any atom is -0.260 e. The predicted molar refractivity (Wildman–Crippen MR) is 82.7 cm³/mol. The monoisotopic (exact) mass is 270 g/mol. The van der Waals surface area contributed by atoms with Crippen molar-refractivity contribution in [2.45, 2.75) is 25.7 Å². The van der Waals surface area contributed by atoms with Crippen LogP contribution in [0.5, 0.6) is 0 Å². The van der Waals surface area contributed by atoms with Crippen molar-refractivity contribution in [3.05, 3.63) is 36.4 Å². The first kappa shape index (κ1) is 13.2. The standard InChI is InChI=1S/C17H24N3/c1-18-16(15-10-6-5-7-11-15)14-17(19(18)2)20-12-8-3-4-9-13-20/h5-7,10-11,14H,3-4,8-9,12-13H2,1-2H3/q+1. The van der Waals surface area contributed by atoms with Crippen molar-refractivity contribution in [3.8, 4) is 11.3 Å². The highest BCUT2D eigenvalue weighted by Crippen LogP contribution is 2.24. The van der Waals surface area contributed by atoms with Gasteiger partial charge in [0.2, 0.25) is 0 Å². The van der Waals surface area contributed by atoms with Gasteiger partial charge < -0.3 is 0 Å². The fourth-order valence-corrected chi connectivity index (χ4v) is 3.10. The molecule has 0 unspecified atom stereocenters. The van der Waals surface area contributed by atoms with Crippen LogP contribution in [0.15, 0.2) is 36.4 Å². The third kappa shape index (κ3) is 2.45. The Labute approximate surface area is 121 Å². The summed E-state index contributed by atoms with van der Waals surface area (Å²) in [6.45, 7) is 2.37. The molecule has 3 rings (SSSR count). The van der Waals surface area contributed by atoms with E-state index in [2.05, 4.69) is 64.8 Å². The average Bonchev–Trinajstić information content (AvgIpc) is 2.69. The minimum atomic E-state index is 1.19. The molecule has 3 nitrogen and oxygen atoms in total. The normalized spacial score (nSPS) is 16.2. The summed E-state index contributed by atoms with van der Waals surface area (Å²) < 4.78 is 4.52. The third-order valence-corrected chi connectivity index (χ3v) is 4.40. The lowest BCUT2D eigenvalue weighted by atomic mass is 10.1. The van der Waals surface area contributed by atoms with Gasteiger partial charge in [-0.2, -0.15) is 4.68 Å². The summed E-state index contributed by atoms with van der Waals surface area (Å²) in [5.41, 5.74) is 2.57. The van der Waals surface area contributed by atoms with Crippen LogP contribution in [0.3, 0.4) is 0 Å². The van der Waals surface area contributed by atoms with Crippen molar-refractivity contribution in [2.75, 3.05) is 18.0 Å². The summed E-state index contributed by atoms with van der Waals surface area (Å²) in [6.07, 6.45) is 5.38. The van der Waals surface area contributed by atoms with E-state index in [4.69, 9.17) is 0 Å². The van der Waals surface area contributed by atoms with E-state index < -0.39 is 0 Å². The molecule has 0 N–H and O–H groups in total. The Morgan fingerprint density at radius 3 is 2.25 bits per heavy atom. The molecule has 1 aliphatic heterocycles. The van der Waals surface area contributed by atoms with Crippen LogP contribution in [-0.2, 0) is 14.1 Å². The van der Waals surface area contributed by atoms with Crippen LogP contribution in [0.4, 0.5) is 5.82 Å². The van der Waals surface area contributed by atoms with Crippen LogP contribution in [0.25, 0.3) is 11.3 Å². The van der Waals surface area contributed by atoms with E-state index in [1.807, 2.05) is 0 Å². The average molecular weight is 270 g/mol. The highest BCUT2D eigenvalue weighted by Gasteiger charge is 2.24.